The Labute approximate surface area is 336 Å². The van der Waals surface area contributed by atoms with Gasteiger partial charge in [0.25, 0.3) is 28.9 Å². The lowest BCUT2D eigenvalue weighted by atomic mass is 10.0. The number of esters is 2. The summed E-state index contributed by atoms with van der Waals surface area (Å²) in [6.45, 7) is 7.55. The molecule has 2 aliphatic rings. The summed E-state index contributed by atoms with van der Waals surface area (Å²) in [4.78, 5) is 79.6. The van der Waals surface area contributed by atoms with Crippen LogP contribution >= 0.6 is 0 Å². The summed E-state index contributed by atoms with van der Waals surface area (Å²) < 4.78 is 4.23. The number of H-pyrrole nitrogens is 2. The van der Waals surface area contributed by atoms with Gasteiger partial charge in [0.2, 0.25) is 0 Å². The van der Waals surface area contributed by atoms with Gasteiger partial charge in [-0.1, -0.05) is 60.7 Å². The van der Waals surface area contributed by atoms with Gasteiger partial charge in [0.15, 0.2) is 0 Å². The second-order valence-electron chi connectivity index (χ2n) is 13.5. The number of nitrogens with one attached hydrogen (secondary N) is 2. The number of nitrogens with zero attached hydrogens (tertiary/aromatic N) is 3. The van der Waals surface area contributed by atoms with Crippen LogP contribution in [0, 0.1) is 0 Å². The van der Waals surface area contributed by atoms with Crippen molar-refractivity contribution >= 4 is 62.6 Å². The van der Waals surface area contributed by atoms with Gasteiger partial charge in [-0.2, -0.15) is 10.2 Å². The highest BCUT2D eigenvalue weighted by Gasteiger charge is 2.34. The van der Waals surface area contributed by atoms with Crippen LogP contribution in [0.2, 0.25) is 0 Å². The Hall–Kier alpha value is -7.81. The van der Waals surface area contributed by atoms with Crippen molar-refractivity contribution in [2.45, 2.75) is 47.5 Å². The number of aromatic amines is 2. The van der Waals surface area contributed by atoms with Gasteiger partial charge >= 0.3 is 11.9 Å². The van der Waals surface area contributed by atoms with Crippen LogP contribution in [0.1, 0.15) is 57.1 Å². The first-order chi connectivity index (χ1) is 28.1. The molecule has 0 unspecified atom stereocenters. The summed E-state index contributed by atoms with van der Waals surface area (Å²) in [5, 5.41) is 23.7. The number of anilines is 2. The van der Waals surface area contributed by atoms with E-state index in [9.17, 15) is 28.8 Å². The van der Waals surface area contributed by atoms with Crippen LogP contribution in [0.15, 0.2) is 129 Å². The predicted molar refractivity (Wildman–Crippen MR) is 221 cm³/mol. The SMILES string of the molecule is CC(=O)O.CC1=C(C)C(=O)N(c2cccc(Cc3n[nH]c(=O)c4ccccc34)c2)C1=O.CC1=C(C)C(=O)OC1=O.Nc1cccc(Cc2n[nH]c(=O)c3ccccc23)c1. The van der Waals surface area contributed by atoms with Crippen molar-refractivity contribution in [2.24, 2.45) is 0 Å². The van der Waals surface area contributed by atoms with E-state index in [4.69, 9.17) is 15.6 Å². The maximum Gasteiger partial charge on any atom is 0.342 e. The normalized spacial score (nSPS) is 13.4. The molecular formula is C44H40N6O9. The average molecular weight is 797 g/mol. The second-order valence-corrected chi connectivity index (χ2v) is 13.5. The number of fused-ring (bicyclic) bond motifs is 2. The first-order valence-electron chi connectivity index (χ1n) is 18.1. The molecule has 2 aromatic heterocycles. The molecule has 59 heavy (non-hydrogen) atoms. The topological polar surface area (TPSA) is 236 Å². The fraction of sp³-hybridized carbons (Fsp3) is 0.159. The molecule has 5 N–H and O–H groups in total. The van der Waals surface area contributed by atoms with Crippen molar-refractivity contribution in [1.82, 2.24) is 20.4 Å². The number of hydrogen-bond donors (Lipinski definition) is 4. The Morgan fingerprint density at radius 1 is 0.610 bits per heavy atom. The third-order valence-electron chi connectivity index (χ3n) is 9.38. The minimum atomic E-state index is -0.833. The van der Waals surface area contributed by atoms with Crippen molar-refractivity contribution in [2.75, 3.05) is 10.6 Å². The highest BCUT2D eigenvalue weighted by molar-refractivity contribution is 6.32. The number of nitrogen functional groups attached to an aromatic ring is 1. The van der Waals surface area contributed by atoms with Crippen molar-refractivity contribution in [3.05, 3.63) is 163 Å². The fourth-order valence-corrected chi connectivity index (χ4v) is 6.03. The zero-order valence-electron chi connectivity index (χ0n) is 32.8. The average Bonchev–Trinajstić information content (AvgIpc) is 3.55. The second kappa shape index (κ2) is 18.4. The molecule has 0 atom stereocenters. The number of ether oxygens (including phenoxy) is 1. The molecule has 2 amide bonds. The van der Waals surface area contributed by atoms with Gasteiger partial charge in [-0.25, -0.2) is 24.7 Å². The molecule has 0 bridgehead atoms. The molecule has 4 aromatic carbocycles. The van der Waals surface area contributed by atoms with Crippen molar-refractivity contribution < 1.29 is 33.8 Å². The number of rotatable bonds is 5. The molecule has 6 aromatic rings. The lowest BCUT2D eigenvalue weighted by Gasteiger charge is -2.16. The van der Waals surface area contributed by atoms with Crippen LogP contribution in [0.3, 0.4) is 0 Å². The molecule has 0 aliphatic carbocycles. The predicted octanol–water partition coefficient (Wildman–Crippen LogP) is 5.32. The standard InChI is InChI=1S/C21H17N3O3.C15H13N3O.C6H6O3.C2H4O2/c1-12-13(2)21(27)24(20(12)26)15-7-5-6-14(10-15)11-18-16-8-3-4-9-17(16)19(25)23-22-18;16-11-5-3-4-10(8-11)9-14-12-6-1-2-7-13(12)15(19)18-17-14;1-3-4(2)6(8)9-5(3)7;1-2(3)4/h3-10H,11H2,1-2H3,(H,23,25);1-8H,9,16H2,(H,18,19);1-2H3;1H3,(H,3,4). The maximum absolute atomic E-state index is 12.4. The molecule has 0 saturated heterocycles. The monoisotopic (exact) mass is 796 g/mol. The van der Waals surface area contributed by atoms with E-state index in [0.717, 1.165) is 45.9 Å². The number of amides is 2. The van der Waals surface area contributed by atoms with Crippen LogP contribution in [-0.4, -0.2) is 55.2 Å². The highest BCUT2D eigenvalue weighted by atomic mass is 16.6. The largest absolute Gasteiger partial charge is 0.481 e. The molecule has 0 fully saturated rings. The number of carboxylic acids is 1. The Kier molecular flexibility index (Phi) is 13.2. The maximum atomic E-state index is 12.4. The molecule has 300 valence electrons. The zero-order valence-corrected chi connectivity index (χ0v) is 32.8. The third kappa shape index (κ3) is 9.96. The van der Waals surface area contributed by atoms with Crippen molar-refractivity contribution in [3.63, 3.8) is 0 Å². The van der Waals surface area contributed by atoms with E-state index >= 15 is 0 Å². The molecule has 15 nitrogen and oxygen atoms in total. The number of aliphatic carboxylic acids is 1. The van der Waals surface area contributed by atoms with Gasteiger partial charge in [0.05, 0.1) is 27.8 Å². The van der Waals surface area contributed by atoms with E-state index in [-0.39, 0.29) is 22.9 Å². The summed E-state index contributed by atoms with van der Waals surface area (Å²) in [7, 11) is 0. The van der Waals surface area contributed by atoms with Crippen LogP contribution in [0.25, 0.3) is 21.5 Å². The minimum absolute atomic E-state index is 0.160. The van der Waals surface area contributed by atoms with Crippen LogP contribution in [0.5, 0.6) is 0 Å². The van der Waals surface area contributed by atoms with Crippen LogP contribution < -0.4 is 21.8 Å². The van der Waals surface area contributed by atoms with Gasteiger partial charge < -0.3 is 15.6 Å². The minimum Gasteiger partial charge on any atom is -0.481 e. The summed E-state index contributed by atoms with van der Waals surface area (Å²) in [6.07, 6.45) is 1.11. The number of carbonyl (C=O) groups is 5. The molecule has 0 saturated carbocycles. The number of aromatic nitrogens is 4. The molecule has 2 aliphatic heterocycles. The fourth-order valence-electron chi connectivity index (χ4n) is 6.03. The number of nitrogens with two attached hydrogens (primary N) is 1. The van der Waals surface area contributed by atoms with Crippen molar-refractivity contribution in [3.8, 4) is 0 Å². The number of carbonyl (C=O) groups excluding carboxylic acids is 4. The Balaban J connectivity index is 0.000000178. The molecule has 0 spiro atoms. The summed E-state index contributed by atoms with van der Waals surface area (Å²) >= 11 is 0. The number of carboxylic acid groups (broad SMARTS) is 1. The first kappa shape index (κ1) is 42.3. The molecule has 4 heterocycles. The highest BCUT2D eigenvalue weighted by Crippen LogP contribution is 2.28. The molecular weight excluding hydrogens is 757 g/mol. The van der Waals surface area contributed by atoms with E-state index < -0.39 is 17.9 Å². The summed E-state index contributed by atoms with van der Waals surface area (Å²) in [5.74, 6) is -2.44. The Morgan fingerprint density at radius 3 is 1.42 bits per heavy atom. The van der Waals surface area contributed by atoms with Gasteiger partial charge in [0.1, 0.15) is 0 Å². The Morgan fingerprint density at radius 2 is 1.02 bits per heavy atom. The smallest absolute Gasteiger partial charge is 0.342 e. The zero-order chi connectivity index (χ0) is 43.0. The number of hydrogen-bond acceptors (Lipinski definition) is 11. The lowest BCUT2D eigenvalue weighted by Crippen LogP contribution is -2.31. The van der Waals surface area contributed by atoms with Gasteiger partial charge in [-0.05, 0) is 75.2 Å². The van der Waals surface area contributed by atoms with E-state index in [1.807, 2.05) is 78.9 Å². The van der Waals surface area contributed by atoms with Crippen molar-refractivity contribution in [1.29, 1.82) is 0 Å². The van der Waals surface area contributed by atoms with E-state index in [1.165, 1.54) is 4.90 Å². The quantitative estimate of drug-likeness (QED) is 0.0751. The van der Waals surface area contributed by atoms with Gasteiger partial charge in [-0.15, -0.1) is 0 Å². The van der Waals surface area contributed by atoms with Gasteiger partial charge in [0, 0.05) is 58.5 Å². The molecule has 0 radical (unpaired) electrons. The number of cyclic esters (lactones) is 2. The number of imide groups is 1. The van der Waals surface area contributed by atoms with E-state index in [2.05, 4.69) is 25.1 Å². The third-order valence-corrected chi connectivity index (χ3v) is 9.38. The van der Waals surface area contributed by atoms with Gasteiger partial charge in [-0.3, -0.25) is 24.0 Å². The number of benzene rings is 4. The molecule has 8 rings (SSSR count). The van der Waals surface area contributed by atoms with E-state index in [1.54, 1.807) is 45.9 Å². The van der Waals surface area contributed by atoms with E-state index in [0.29, 0.717) is 51.6 Å². The molecule has 15 heteroatoms. The van der Waals surface area contributed by atoms with Crippen LogP contribution in [-0.2, 0) is 41.6 Å². The first-order valence-corrected chi connectivity index (χ1v) is 18.1. The van der Waals surface area contributed by atoms with Crippen LogP contribution in [0.4, 0.5) is 11.4 Å². The Bertz CT molecular complexity index is 2790. The lowest BCUT2D eigenvalue weighted by molar-refractivity contribution is -0.151. The summed E-state index contributed by atoms with van der Waals surface area (Å²) in [6, 6.07) is 29.7. The summed E-state index contributed by atoms with van der Waals surface area (Å²) in [5.41, 5.74) is 12.0.